The van der Waals surface area contributed by atoms with Gasteiger partial charge in [-0.3, -0.25) is 9.59 Å². The molecule has 0 radical (unpaired) electrons. The fourth-order valence-corrected chi connectivity index (χ4v) is 4.30. The Labute approximate surface area is 171 Å². The molecule has 0 spiro atoms. The van der Waals surface area contributed by atoms with Crippen molar-refractivity contribution in [2.24, 2.45) is 0 Å². The number of hydrogen-bond acceptors (Lipinski definition) is 4. The first-order valence-corrected chi connectivity index (χ1v) is 10.7. The Morgan fingerprint density at radius 3 is 2.72 bits per heavy atom. The SMILES string of the molecule is Cc1ccc(C(=O)NCC(=O)N2CCC[C@H](c3nnc4n3CCCCC4)C2)cc1. The number of likely N-dealkylation sites (tertiary alicyclic amines) is 1. The van der Waals surface area contributed by atoms with Gasteiger partial charge < -0.3 is 14.8 Å². The van der Waals surface area contributed by atoms with E-state index in [0.717, 1.165) is 49.6 Å². The second kappa shape index (κ2) is 8.76. The van der Waals surface area contributed by atoms with Crippen LogP contribution in [0.15, 0.2) is 24.3 Å². The van der Waals surface area contributed by atoms with Gasteiger partial charge in [-0.1, -0.05) is 24.1 Å². The second-order valence-corrected chi connectivity index (χ2v) is 8.16. The molecular weight excluding hydrogens is 366 g/mol. The molecule has 1 aromatic heterocycles. The Morgan fingerprint density at radius 2 is 1.90 bits per heavy atom. The largest absolute Gasteiger partial charge is 0.343 e. The Morgan fingerprint density at radius 1 is 1.07 bits per heavy atom. The van der Waals surface area contributed by atoms with Gasteiger partial charge in [0.05, 0.1) is 6.54 Å². The van der Waals surface area contributed by atoms with Crippen LogP contribution in [-0.4, -0.2) is 51.1 Å². The fourth-order valence-electron chi connectivity index (χ4n) is 4.30. The third kappa shape index (κ3) is 4.49. The molecule has 2 aliphatic heterocycles. The lowest BCUT2D eigenvalue weighted by Gasteiger charge is -2.32. The highest BCUT2D eigenvalue weighted by Gasteiger charge is 2.29. The van der Waals surface area contributed by atoms with Crippen LogP contribution >= 0.6 is 0 Å². The molecule has 3 heterocycles. The van der Waals surface area contributed by atoms with E-state index in [0.29, 0.717) is 12.1 Å². The third-order valence-corrected chi connectivity index (χ3v) is 5.99. The molecule has 1 atom stereocenters. The van der Waals surface area contributed by atoms with Crippen molar-refractivity contribution >= 4 is 11.8 Å². The standard InChI is InChI=1S/C22H29N5O2/c1-16-8-10-17(11-9-16)22(29)23-14-20(28)26-12-5-6-18(15-26)21-25-24-19-7-3-2-4-13-27(19)21/h8-11,18H,2-7,12-15H2,1H3,(H,23,29)/t18-/m0/s1. The zero-order valence-corrected chi connectivity index (χ0v) is 17.1. The Bertz CT molecular complexity index is 874. The first-order valence-electron chi connectivity index (χ1n) is 10.7. The van der Waals surface area contributed by atoms with Gasteiger partial charge in [-0.15, -0.1) is 10.2 Å². The molecule has 7 nitrogen and oxygen atoms in total. The summed E-state index contributed by atoms with van der Waals surface area (Å²) in [6.07, 6.45) is 6.54. The van der Waals surface area contributed by atoms with Crippen molar-refractivity contribution < 1.29 is 9.59 Å². The molecule has 0 unspecified atom stereocenters. The number of piperidine rings is 1. The minimum atomic E-state index is -0.213. The molecule has 2 aromatic rings. The summed E-state index contributed by atoms with van der Waals surface area (Å²) in [7, 11) is 0. The Balaban J connectivity index is 1.36. The fraction of sp³-hybridized carbons (Fsp3) is 0.545. The van der Waals surface area contributed by atoms with Gasteiger partial charge in [0.2, 0.25) is 5.91 Å². The van der Waals surface area contributed by atoms with Crippen molar-refractivity contribution in [2.45, 2.75) is 57.9 Å². The molecule has 2 aliphatic rings. The van der Waals surface area contributed by atoms with Crippen molar-refractivity contribution in [3.63, 3.8) is 0 Å². The average molecular weight is 396 g/mol. The van der Waals surface area contributed by atoms with Gasteiger partial charge in [-0.2, -0.15) is 0 Å². The van der Waals surface area contributed by atoms with Gasteiger partial charge in [-0.05, 0) is 44.7 Å². The second-order valence-electron chi connectivity index (χ2n) is 8.16. The Kier molecular flexibility index (Phi) is 5.92. The highest BCUT2D eigenvalue weighted by molar-refractivity contribution is 5.96. The number of carbonyl (C=O) groups excluding carboxylic acids is 2. The van der Waals surface area contributed by atoms with Crippen LogP contribution in [0.2, 0.25) is 0 Å². The topological polar surface area (TPSA) is 80.1 Å². The van der Waals surface area contributed by atoms with Crippen LogP contribution in [0.5, 0.6) is 0 Å². The minimum Gasteiger partial charge on any atom is -0.343 e. The molecule has 29 heavy (non-hydrogen) atoms. The summed E-state index contributed by atoms with van der Waals surface area (Å²) in [6.45, 7) is 4.37. The number of rotatable bonds is 4. The minimum absolute atomic E-state index is 0.0252. The molecule has 4 rings (SSSR count). The van der Waals surface area contributed by atoms with Crippen molar-refractivity contribution in [2.75, 3.05) is 19.6 Å². The van der Waals surface area contributed by atoms with E-state index < -0.39 is 0 Å². The van der Waals surface area contributed by atoms with Gasteiger partial charge in [0.15, 0.2) is 0 Å². The molecule has 0 aliphatic carbocycles. The summed E-state index contributed by atoms with van der Waals surface area (Å²) < 4.78 is 2.28. The summed E-state index contributed by atoms with van der Waals surface area (Å²) in [4.78, 5) is 26.9. The van der Waals surface area contributed by atoms with Crippen LogP contribution in [0.1, 0.15) is 65.6 Å². The number of fused-ring (bicyclic) bond motifs is 1. The Hall–Kier alpha value is -2.70. The molecule has 154 valence electrons. The predicted molar refractivity (Wildman–Crippen MR) is 110 cm³/mol. The van der Waals surface area contributed by atoms with E-state index in [-0.39, 0.29) is 24.3 Å². The molecule has 1 fully saturated rings. The quantitative estimate of drug-likeness (QED) is 0.862. The summed E-state index contributed by atoms with van der Waals surface area (Å²) in [5.74, 6) is 2.09. The highest BCUT2D eigenvalue weighted by atomic mass is 16.2. The molecule has 7 heteroatoms. The maximum Gasteiger partial charge on any atom is 0.251 e. The number of nitrogens with zero attached hydrogens (tertiary/aromatic N) is 4. The van der Waals surface area contributed by atoms with E-state index in [1.165, 1.54) is 19.3 Å². The summed E-state index contributed by atoms with van der Waals surface area (Å²) >= 11 is 0. The predicted octanol–water partition coefficient (Wildman–Crippen LogP) is 2.45. The normalized spacial score (nSPS) is 19.3. The van der Waals surface area contributed by atoms with Crippen molar-refractivity contribution in [3.05, 3.63) is 47.0 Å². The molecule has 1 N–H and O–H groups in total. The summed E-state index contributed by atoms with van der Waals surface area (Å²) in [6, 6.07) is 7.35. The first kappa shape index (κ1) is 19.6. The van der Waals surface area contributed by atoms with E-state index in [4.69, 9.17) is 0 Å². The van der Waals surface area contributed by atoms with Crippen LogP contribution < -0.4 is 5.32 Å². The smallest absolute Gasteiger partial charge is 0.251 e. The number of carbonyl (C=O) groups is 2. The molecule has 0 saturated carbocycles. The van der Waals surface area contributed by atoms with Gasteiger partial charge in [0.25, 0.3) is 5.91 Å². The van der Waals surface area contributed by atoms with Crippen molar-refractivity contribution in [1.29, 1.82) is 0 Å². The lowest BCUT2D eigenvalue weighted by Crippen LogP contribution is -2.45. The van der Waals surface area contributed by atoms with Crippen molar-refractivity contribution in [3.8, 4) is 0 Å². The van der Waals surface area contributed by atoms with E-state index in [1.54, 1.807) is 12.1 Å². The number of aryl methyl sites for hydroxylation is 2. The van der Waals surface area contributed by atoms with Gasteiger partial charge in [-0.25, -0.2) is 0 Å². The van der Waals surface area contributed by atoms with Crippen molar-refractivity contribution in [1.82, 2.24) is 25.0 Å². The van der Waals surface area contributed by atoms with Gasteiger partial charge >= 0.3 is 0 Å². The summed E-state index contributed by atoms with van der Waals surface area (Å²) in [5, 5.41) is 11.7. The van der Waals surface area contributed by atoms with E-state index in [9.17, 15) is 9.59 Å². The molecule has 0 bridgehead atoms. The average Bonchev–Trinajstić information content (AvgIpc) is 3.00. The molecule has 1 aromatic carbocycles. The van der Waals surface area contributed by atoms with Crippen LogP contribution in [0, 0.1) is 6.92 Å². The third-order valence-electron chi connectivity index (χ3n) is 5.99. The monoisotopic (exact) mass is 395 g/mol. The molecular formula is C22H29N5O2. The highest BCUT2D eigenvalue weighted by Crippen LogP contribution is 2.28. The van der Waals surface area contributed by atoms with Gasteiger partial charge in [0, 0.05) is 37.5 Å². The van der Waals surface area contributed by atoms with Crippen LogP contribution in [-0.2, 0) is 17.8 Å². The number of amides is 2. The number of aromatic nitrogens is 3. The molecule has 2 amide bonds. The maximum atomic E-state index is 12.7. The zero-order valence-electron chi connectivity index (χ0n) is 17.1. The first-order chi connectivity index (χ1) is 14.1. The van der Waals surface area contributed by atoms with E-state index in [2.05, 4.69) is 20.1 Å². The number of nitrogens with one attached hydrogen (secondary N) is 1. The zero-order chi connectivity index (χ0) is 20.2. The van der Waals surface area contributed by atoms with Crippen LogP contribution in [0.25, 0.3) is 0 Å². The lowest BCUT2D eigenvalue weighted by molar-refractivity contribution is -0.131. The van der Waals surface area contributed by atoms with E-state index in [1.807, 2.05) is 24.0 Å². The lowest BCUT2D eigenvalue weighted by atomic mass is 9.97. The molecule has 1 saturated heterocycles. The van der Waals surface area contributed by atoms with Gasteiger partial charge in [0.1, 0.15) is 11.6 Å². The number of benzene rings is 1. The number of hydrogen-bond donors (Lipinski definition) is 1. The van der Waals surface area contributed by atoms with Crippen LogP contribution in [0.4, 0.5) is 0 Å². The van der Waals surface area contributed by atoms with E-state index >= 15 is 0 Å². The van der Waals surface area contributed by atoms with Crippen LogP contribution in [0.3, 0.4) is 0 Å². The summed E-state index contributed by atoms with van der Waals surface area (Å²) in [5.41, 5.74) is 1.68. The maximum absolute atomic E-state index is 12.7.